The Kier molecular flexibility index (Phi) is 5.41. The zero-order chi connectivity index (χ0) is 19.6. The van der Waals surface area contributed by atoms with Gasteiger partial charge < -0.3 is 9.64 Å². The summed E-state index contributed by atoms with van der Waals surface area (Å²) in [5.41, 5.74) is 3.01. The van der Waals surface area contributed by atoms with Crippen LogP contribution < -0.4 is 9.04 Å². The molecule has 7 heteroatoms. The zero-order valence-electron chi connectivity index (χ0n) is 15.8. The monoisotopic (exact) mass is 388 g/mol. The van der Waals surface area contributed by atoms with Crippen LogP contribution in [0.1, 0.15) is 18.1 Å². The van der Waals surface area contributed by atoms with Crippen molar-refractivity contribution in [2.45, 2.75) is 26.0 Å². The molecule has 0 aliphatic carbocycles. The van der Waals surface area contributed by atoms with Gasteiger partial charge in [0.25, 0.3) is 5.91 Å². The number of sulfonamides is 1. The van der Waals surface area contributed by atoms with Crippen molar-refractivity contribution in [3.63, 3.8) is 0 Å². The molecule has 1 amide bonds. The second-order valence-corrected chi connectivity index (χ2v) is 8.78. The van der Waals surface area contributed by atoms with Crippen LogP contribution in [-0.2, 0) is 27.8 Å². The van der Waals surface area contributed by atoms with E-state index in [1.54, 1.807) is 31.2 Å². The minimum atomic E-state index is -3.31. The molecule has 144 valence electrons. The van der Waals surface area contributed by atoms with Crippen molar-refractivity contribution in [3.8, 4) is 5.75 Å². The number of hydrogen-bond acceptors (Lipinski definition) is 4. The van der Waals surface area contributed by atoms with E-state index in [9.17, 15) is 13.2 Å². The smallest absolute Gasteiger partial charge is 0.263 e. The molecule has 1 atom stereocenters. The highest BCUT2D eigenvalue weighted by Crippen LogP contribution is 2.23. The second-order valence-electron chi connectivity index (χ2n) is 6.76. The standard InChI is InChI=1S/C20H24N2O4S/c1-15(20(23)22-13-12-16-6-4-5-7-17(16)14-22)26-19-10-8-18(9-11-19)21(2)27(3,24)25/h4-11,15H,12-14H2,1-3H3/t15-/m0/s1. The van der Waals surface area contributed by atoms with Gasteiger partial charge >= 0.3 is 0 Å². The van der Waals surface area contributed by atoms with Crippen molar-refractivity contribution >= 4 is 21.6 Å². The first kappa shape index (κ1) is 19.2. The number of benzene rings is 2. The Labute approximate surface area is 160 Å². The third kappa shape index (κ3) is 4.42. The minimum absolute atomic E-state index is 0.0539. The van der Waals surface area contributed by atoms with Crippen molar-refractivity contribution in [1.29, 1.82) is 0 Å². The molecule has 0 radical (unpaired) electrons. The van der Waals surface area contributed by atoms with E-state index in [2.05, 4.69) is 12.1 Å². The molecule has 0 spiro atoms. The van der Waals surface area contributed by atoms with Gasteiger partial charge in [-0.1, -0.05) is 24.3 Å². The first-order valence-corrected chi connectivity index (χ1v) is 10.7. The number of amides is 1. The topological polar surface area (TPSA) is 66.9 Å². The highest BCUT2D eigenvalue weighted by molar-refractivity contribution is 7.92. The number of fused-ring (bicyclic) bond motifs is 1. The molecule has 27 heavy (non-hydrogen) atoms. The summed E-state index contributed by atoms with van der Waals surface area (Å²) in [6.45, 7) is 3.02. The highest BCUT2D eigenvalue weighted by Gasteiger charge is 2.25. The van der Waals surface area contributed by atoms with E-state index in [0.29, 0.717) is 24.5 Å². The van der Waals surface area contributed by atoms with Crippen LogP contribution in [0.5, 0.6) is 5.75 Å². The predicted molar refractivity (Wildman–Crippen MR) is 105 cm³/mol. The summed E-state index contributed by atoms with van der Waals surface area (Å²) < 4.78 is 30.2. The number of rotatable bonds is 5. The summed E-state index contributed by atoms with van der Waals surface area (Å²) in [4.78, 5) is 14.6. The fourth-order valence-electron chi connectivity index (χ4n) is 3.12. The summed E-state index contributed by atoms with van der Waals surface area (Å²) in [6.07, 6.45) is 1.38. The van der Waals surface area contributed by atoms with Gasteiger partial charge in [0, 0.05) is 20.1 Å². The van der Waals surface area contributed by atoms with E-state index in [-0.39, 0.29) is 5.91 Å². The number of hydrogen-bond donors (Lipinski definition) is 0. The largest absolute Gasteiger partial charge is 0.481 e. The molecule has 0 saturated heterocycles. The van der Waals surface area contributed by atoms with Crippen LogP contribution >= 0.6 is 0 Å². The SMILES string of the molecule is C[C@H](Oc1ccc(N(C)S(C)(=O)=O)cc1)C(=O)N1CCc2ccccc2C1. The van der Waals surface area contributed by atoms with Gasteiger partial charge in [-0.25, -0.2) is 8.42 Å². The third-order valence-corrected chi connectivity index (χ3v) is 6.01. The minimum Gasteiger partial charge on any atom is -0.481 e. The van der Waals surface area contributed by atoms with Crippen molar-refractivity contribution in [3.05, 3.63) is 59.7 Å². The molecule has 0 saturated carbocycles. The zero-order valence-corrected chi connectivity index (χ0v) is 16.6. The average molecular weight is 388 g/mol. The molecule has 2 aromatic carbocycles. The molecule has 2 aromatic rings. The van der Waals surface area contributed by atoms with Crippen LogP contribution in [0.4, 0.5) is 5.69 Å². The van der Waals surface area contributed by atoms with Crippen LogP contribution in [0.3, 0.4) is 0 Å². The third-order valence-electron chi connectivity index (χ3n) is 4.80. The van der Waals surface area contributed by atoms with Gasteiger partial charge in [-0.05, 0) is 48.7 Å². The normalized spacial score (nSPS) is 15.0. The molecule has 1 aliphatic rings. The summed E-state index contributed by atoms with van der Waals surface area (Å²) in [6, 6.07) is 14.8. The molecule has 0 N–H and O–H groups in total. The maximum absolute atomic E-state index is 12.7. The van der Waals surface area contributed by atoms with E-state index in [1.807, 2.05) is 17.0 Å². The van der Waals surface area contributed by atoms with E-state index in [1.165, 1.54) is 22.5 Å². The highest BCUT2D eigenvalue weighted by atomic mass is 32.2. The van der Waals surface area contributed by atoms with Crippen molar-refractivity contribution < 1.29 is 17.9 Å². The van der Waals surface area contributed by atoms with Crippen LogP contribution in [0.25, 0.3) is 0 Å². The van der Waals surface area contributed by atoms with Crippen LogP contribution in [0.15, 0.2) is 48.5 Å². The number of carbonyl (C=O) groups is 1. The average Bonchev–Trinajstić information content (AvgIpc) is 2.66. The molecule has 6 nitrogen and oxygen atoms in total. The first-order valence-electron chi connectivity index (χ1n) is 8.82. The lowest BCUT2D eigenvalue weighted by Crippen LogP contribution is -2.43. The lowest BCUT2D eigenvalue weighted by atomic mass is 9.99. The second kappa shape index (κ2) is 7.60. The van der Waals surface area contributed by atoms with Gasteiger partial charge in [0.05, 0.1) is 11.9 Å². The van der Waals surface area contributed by atoms with Gasteiger partial charge in [-0.15, -0.1) is 0 Å². The molecule has 1 aliphatic heterocycles. The molecule has 0 aromatic heterocycles. The van der Waals surface area contributed by atoms with Gasteiger partial charge in [0.1, 0.15) is 5.75 Å². The van der Waals surface area contributed by atoms with E-state index >= 15 is 0 Å². The maximum Gasteiger partial charge on any atom is 0.263 e. The van der Waals surface area contributed by atoms with Gasteiger partial charge in [-0.2, -0.15) is 0 Å². The van der Waals surface area contributed by atoms with Crippen molar-refractivity contribution in [2.75, 3.05) is 24.2 Å². The summed E-state index contributed by atoms with van der Waals surface area (Å²) >= 11 is 0. The Morgan fingerprint density at radius 3 is 2.37 bits per heavy atom. The van der Waals surface area contributed by atoms with Crippen LogP contribution in [0.2, 0.25) is 0 Å². The van der Waals surface area contributed by atoms with Gasteiger partial charge in [-0.3, -0.25) is 9.10 Å². The lowest BCUT2D eigenvalue weighted by Gasteiger charge is -2.31. The Balaban J connectivity index is 1.63. The molecule has 1 heterocycles. The Hall–Kier alpha value is -2.54. The molecule has 3 rings (SSSR count). The maximum atomic E-state index is 12.7. The summed E-state index contributed by atoms with van der Waals surface area (Å²) in [5, 5.41) is 0. The Morgan fingerprint density at radius 1 is 1.11 bits per heavy atom. The molecule has 0 bridgehead atoms. The van der Waals surface area contributed by atoms with Crippen molar-refractivity contribution in [1.82, 2.24) is 4.90 Å². The molecule has 0 unspecified atom stereocenters. The van der Waals surface area contributed by atoms with Gasteiger partial charge in [0.15, 0.2) is 6.10 Å². The van der Waals surface area contributed by atoms with E-state index < -0.39 is 16.1 Å². The Morgan fingerprint density at radius 2 is 1.74 bits per heavy atom. The van der Waals surface area contributed by atoms with E-state index in [0.717, 1.165) is 12.7 Å². The van der Waals surface area contributed by atoms with Crippen molar-refractivity contribution in [2.24, 2.45) is 0 Å². The van der Waals surface area contributed by atoms with E-state index in [4.69, 9.17) is 4.74 Å². The quantitative estimate of drug-likeness (QED) is 0.789. The fraction of sp³-hybridized carbons (Fsp3) is 0.350. The molecular weight excluding hydrogens is 364 g/mol. The molecular formula is C20H24N2O4S. The lowest BCUT2D eigenvalue weighted by molar-refractivity contribution is -0.138. The first-order chi connectivity index (χ1) is 12.8. The molecule has 0 fully saturated rings. The Bertz CT molecular complexity index is 925. The number of ether oxygens (including phenoxy) is 1. The number of carbonyl (C=O) groups excluding carboxylic acids is 1. The van der Waals surface area contributed by atoms with Crippen LogP contribution in [0, 0.1) is 0 Å². The van der Waals surface area contributed by atoms with Crippen LogP contribution in [-0.4, -0.2) is 45.2 Å². The summed E-state index contributed by atoms with van der Waals surface area (Å²) in [7, 11) is -1.82. The fourth-order valence-corrected chi connectivity index (χ4v) is 3.63. The number of anilines is 1. The van der Waals surface area contributed by atoms with Gasteiger partial charge in [0.2, 0.25) is 10.0 Å². The summed E-state index contributed by atoms with van der Waals surface area (Å²) in [5.74, 6) is 0.473. The number of nitrogens with zero attached hydrogens (tertiary/aromatic N) is 2. The predicted octanol–water partition coefficient (Wildman–Crippen LogP) is 2.43.